The van der Waals surface area contributed by atoms with Gasteiger partial charge in [-0.15, -0.1) is 0 Å². The standard InChI is InChI=1S/C11H15N3/c1-7(2)8-5-4-6-9-10(8)14(3)13-11(9)12/h4-7H,1-3H3,(H2,12,13). The zero-order chi connectivity index (χ0) is 10.3. The van der Waals surface area contributed by atoms with Crippen molar-refractivity contribution in [3.05, 3.63) is 23.8 Å². The molecule has 0 bridgehead atoms. The molecule has 1 aromatic carbocycles. The maximum absolute atomic E-state index is 5.81. The molecule has 0 fully saturated rings. The summed E-state index contributed by atoms with van der Waals surface area (Å²) in [6, 6.07) is 6.19. The van der Waals surface area contributed by atoms with Crippen LogP contribution in [-0.2, 0) is 7.05 Å². The van der Waals surface area contributed by atoms with Gasteiger partial charge in [0.1, 0.15) is 0 Å². The predicted octanol–water partition coefficient (Wildman–Crippen LogP) is 2.28. The monoisotopic (exact) mass is 189 g/mol. The van der Waals surface area contributed by atoms with E-state index in [2.05, 4.69) is 25.0 Å². The van der Waals surface area contributed by atoms with Gasteiger partial charge in [-0.2, -0.15) is 5.10 Å². The molecule has 0 aliphatic carbocycles. The number of hydrogen-bond acceptors (Lipinski definition) is 2. The van der Waals surface area contributed by atoms with E-state index in [1.165, 1.54) is 5.56 Å². The predicted molar refractivity (Wildman–Crippen MR) is 59.2 cm³/mol. The summed E-state index contributed by atoms with van der Waals surface area (Å²) < 4.78 is 1.86. The maximum atomic E-state index is 5.81. The Bertz CT molecular complexity index is 469. The molecule has 2 aromatic rings. The molecule has 0 amide bonds. The molecule has 0 unspecified atom stereocenters. The Labute approximate surface area is 83.5 Å². The number of nitrogen functional groups attached to an aromatic ring is 1. The Morgan fingerprint density at radius 3 is 2.71 bits per heavy atom. The Morgan fingerprint density at radius 2 is 2.07 bits per heavy atom. The first-order valence-corrected chi connectivity index (χ1v) is 4.82. The molecule has 3 nitrogen and oxygen atoms in total. The maximum Gasteiger partial charge on any atom is 0.153 e. The first-order chi connectivity index (χ1) is 6.61. The highest BCUT2D eigenvalue weighted by molar-refractivity contribution is 5.91. The summed E-state index contributed by atoms with van der Waals surface area (Å²) in [6.07, 6.45) is 0. The smallest absolute Gasteiger partial charge is 0.153 e. The molecular formula is C11H15N3. The van der Waals surface area contributed by atoms with Crippen molar-refractivity contribution in [3.63, 3.8) is 0 Å². The second kappa shape index (κ2) is 3.01. The first-order valence-electron chi connectivity index (χ1n) is 4.82. The zero-order valence-corrected chi connectivity index (χ0v) is 8.78. The minimum atomic E-state index is 0.494. The number of nitrogens with two attached hydrogens (primary N) is 1. The van der Waals surface area contributed by atoms with Crippen molar-refractivity contribution in [2.75, 3.05) is 5.73 Å². The molecule has 0 atom stereocenters. The zero-order valence-electron chi connectivity index (χ0n) is 8.78. The van der Waals surface area contributed by atoms with Crippen molar-refractivity contribution in [2.45, 2.75) is 19.8 Å². The van der Waals surface area contributed by atoms with Crippen LogP contribution in [-0.4, -0.2) is 9.78 Å². The molecule has 0 saturated heterocycles. The van der Waals surface area contributed by atoms with E-state index < -0.39 is 0 Å². The quantitative estimate of drug-likeness (QED) is 0.748. The fourth-order valence-electron chi connectivity index (χ4n) is 1.86. The van der Waals surface area contributed by atoms with Crippen LogP contribution >= 0.6 is 0 Å². The number of para-hydroxylation sites is 1. The molecule has 0 aliphatic heterocycles. The van der Waals surface area contributed by atoms with E-state index in [-0.39, 0.29) is 0 Å². The molecule has 3 heteroatoms. The lowest BCUT2D eigenvalue weighted by atomic mass is 10.0. The lowest BCUT2D eigenvalue weighted by Gasteiger charge is -2.07. The van der Waals surface area contributed by atoms with Gasteiger partial charge >= 0.3 is 0 Å². The molecule has 74 valence electrons. The van der Waals surface area contributed by atoms with E-state index in [1.807, 2.05) is 23.9 Å². The molecule has 2 rings (SSSR count). The van der Waals surface area contributed by atoms with E-state index in [9.17, 15) is 0 Å². The number of benzene rings is 1. The molecule has 14 heavy (non-hydrogen) atoms. The molecule has 0 radical (unpaired) electrons. The van der Waals surface area contributed by atoms with Gasteiger partial charge in [0.05, 0.1) is 5.52 Å². The van der Waals surface area contributed by atoms with Crippen LogP contribution in [0.5, 0.6) is 0 Å². The summed E-state index contributed by atoms with van der Waals surface area (Å²) in [5, 5.41) is 5.28. The lowest BCUT2D eigenvalue weighted by molar-refractivity contribution is 0.783. The van der Waals surface area contributed by atoms with Crippen molar-refractivity contribution >= 4 is 16.7 Å². The van der Waals surface area contributed by atoms with Gasteiger partial charge in [0.15, 0.2) is 5.82 Å². The van der Waals surface area contributed by atoms with Crippen LogP contribution in [0, 0.1) is 0 Å². The van der Waals surface area contributed by atoms with Gasteiger partial charge in [-0.1, -0.05) is 26.0 Å². The van der Waals surface area contributed by atoms with E-state index in [4.69, 9.17) is 5.73 Å². The van der Waals surface area contributed by atoms with Gasteiger partial charge in [0.2, 0.25) is 0 Å². The van der Waals surface area contributed by atoms with Crippen LogP contribution in [0.1, 0.15) is 25.3 Å². The Balaban J connectivity index is 2.85. The van der Waals surface area contributed by atoms with Gasteiger partial charge in [0, 0.05) is 12.4 Å². The SMILES string of the molecule is CC(C)c1cccc2c(N)nn(C)c12. The number of nitrogens with zero attached hydrogens (tertiary/aromatic N) is 2. The number of rotatable bonds is 1. The Morgan fingerprint density at radius 1 is 1.36 bits per heavy atom. The minimum absolute atomic E-state index is 0.494. The number of aryl methyl sites for hydroxylation is 1. The van der Waals surface area contributed by atoms with Crippen LogP contribution in [0.3, 0.4) is 0 Å². The highest BCUT2D eigenvalue weighted by Crippen LogP contribution is 2.27. The summed E-state index contributed by atoms with van der Waals surface area (Å²) in [6.45, 7) is 4.36. The van der Waals surface area contributed by atoms with Crippen molar-refractivity contribution in [1.82, 2.24) is 9.78 Å². The Kier molecular flexibility index (Phi) is 1.95. The van der Waals surface area contributed by atoms with Gasteiger partial charge in [-0.3, -0.25) is 4.68 Å². The average molecular weight is 189 g/mol. The summed E-state index contributed by atoms with van der Waals surface area (Å²) in [4.78, 5) is 0. The van der Waals surface area contributed by atoms with Gasteiger partial charge in [0.25, 0.3) is 0 Å². The van der Waals surface area contributed by atoms with Crippen molar-refractivity contribution in [3.8, 4) is 0 Å². The molecule has 1 aromatic heterocycles. The van der Waals surface area contributed by atoms with Crippen LogP contribution < -0.4 is 5.73 Å². The lowest BCUT2D eigenvalue weighted by Crippen LogP contribution is -1.96. The molecule has 0 spiro atoms. The van der Waals surface area contributed by atoms with E-state index in [1.54, 1.807) is 0 Å². The highest BCUT2D eigenvalue weighted by atomic mass is 15.3. The number of fused-ring (bicyclic) bond motifs is 1. The topological polar surface area (TPSA) is 43.8 Å². The fourth-order valence-corrected chi connectivity index (χ4v) is 1.86. The summed E-state index contributed by atoms with van der Waals surface area (Å²) >= 11 is 0. The van der Waals surface area contributed by atoms with Crippen LogP contribution in [0.15, 0.2) is 18.2 Å². The second-order valence-corrected chi connectivity index (χ2v) is 3.91. The van der Waals surface area contributed by atoms with Crippen LogP contribution in [0.4, 0.5) is 5.82 Å². The minimum Gasteiger partial charge on any atom is -0.382 e. The van der Waals surface area contributed by atoms with Gasteiger partial charge in [-0.25, -0.2) is 0 Å². The normalized spacial score (nSPS) is 11.4. The van der Waals surface area contributed by atoms with Gasteiger partial charge in [-0.05, 0) is 17.5 Å². The highest BCUT2D eigenvalue weighted by Gasteiger charge is 2.11. The van der Waals surface area contributed by atoms with Crippen molar-refractivity contribution in [2.24, 2.45) is 7.05 Å². The fraction of sp³-hybridized carbons (Fsp3) is 0.364. The second-order valence-electron chi connectivity index (χ2n) is 3.91. The number of hydrogen-bond donors (Lipinski definition) is 1. The van der Waals surface area contributed by atoms with E-state index in [0.29, 0.717) is 11.7 Å². The van der Waals surface area contributed by atoms with Crippen molar-refractivity contribution in [1.29, 1.82) is 0 Å². The summed E-state index contributed by atoms with van der Waals surface area (Å²) in [7, 11) is 1.94. The summed E-state index contributed by atoms with van der Waals surface area (Å²) in [5.41, 5.74) is 8.27. The Hall–Kier alpha value is -1.51. The largest absolute Gasteiger partial charge is 0.382 e. The molecular weight excluding hydrogens is 174 g/mol. The van der Waals surface area contributed by atoms with Crippen LogP contribution in [0.2, 0.25) is 0 Å². The van der Waals surface area contributed by atoms with Crippen molar-refractivity contribution < 1.29 is 0 Å². The third-order valence-electron chi connectivity index (χ3n) is 2.55. The first kappa shape index (κ1) is 9.06. The third kappa shape index (κ3) is 1.16. The van der Waals surface area contributed by atoms with E-state index in [0.717, 1.165) is 10.9 Å². The summed E-state index contributed by atoms with van der Waals surface area (Å²) in [5.74, 6) is 1.11. The molecule has 0 aliphatic rings. The molecule has 0 saturated carbocycles. The third-order valence-corrected chi connectivity index (χ3v) is 2.55. The van der Waals surface area contributed by atoms with Crippen LogP contribution in [0.25, 0.3) is 10.9 Å². The molecule has 2 N–H and O–H groups in total. The van der Waals surface area contributed by atoms with E-state index >= 15 is 0 Å². The number of anilines is 1. The van der Waals surface area contributed by atoms with Gasteiger partial charge < -0.3 is 5.73 Å². The molecule has 1 heterocycles. The average Bonchev–Trinajstić information content (AvgIpc) is 2.43. The number of aromatic nitrogens is 2.